The lowest BCUT2D eigenvalue weighted by molar-refractivity contribution is -0.0111. The zero-order valence-electron chi connectivity index (χ0n) is 11.2. The first-order valence-electron chi connectivity index (χ1n) is 6.78. The summed E-state index contributed by atoms with van der Waals surface area (Å²) in [5.74, 6) is 0. The number of nitrogens with zero attached hydrogens (tertiary/aromatic N) is 1. The average molecular weight is 228 g/mol. The maximum Gasteiger partial charge on any atom is 0.0702 e. The fourth-order valence-corrected chi connectivity index (χ4v) is 2.32. The molecule has 1 aliphatic rings. The maximum atomic E-state index is 5.86. The zero-order valence-corrected chi connectivity index (χ0v) is 11.2. The molecule has 0 amide bonds. The van der Waals surface area contributed by atoms with Gasteiger partial charge in [-0.05, 0) is 52.7 Å². The van der Waals surface area contributed by atoms with Crippen LogP contribution in [-0.2, 0) is 4.74 Å². The molecule has 1 saturated heterocycles. The average Bonchev–Trinajstić information content (AvgIpc) is 2.33. The lowest BCUT2D eigenvalue weighted by atomic mass is 10.0. The Balaban J connectivity index is 2.25. The molecule has 3 heteroatoms. The third-order valence-electron chi connectivity index (χ3n) is 3.40. The summed E-state index contributed by atoms with van der Waals surface area (Å²) < 4.78 is 5.86. The van der Waals surface area contributed by atoms with E-state index in [4.69, 9.17) is 4.74 Å². The van der Waals surface area contributed by atoms with Crippen molar-refractivity contribution in [3.63, 3.8) is 0 Å². The van der Waals surface area contributed by atoms with E-state index < -0.39 is 0 Å². The molecule has 0 radical (unpaired) electrons. The van der Waals surface area contributed by atoms with Crippen molar-refractivity contribution in [2.24, 2.45) is 0 Å². The molecule has 2 unspecified atom stereocenters. The molecule has 0 saturated carbocycles. The molecule has 1 aliphatic heterocycles. The highest BCUT2D eigenvalue weighted by Crippen LogP contribution is 2.17. The minimum absolute atomic E-state index is 0.478. The number of hydrogen-bond donors (Lipinski definition) is 1. The summed E-state index contributed by atoms with van der Waals surface area (Å²) in [6.45, 7) is 8.92. The monoisotopic (exact) mass is 228 g/mol. The van der Waals surface area contributed by atoms with E-state index >= 15 is 0 Å². The summed E-state index contributed by atoms with van der Waals surface area (Å²) in [6.07, 6.45) is 5.38. The van der Waals surface area contributed by atoms with Crippen LogP contribution < -0.4 is 5.32 Å². The summed E-state index contributed by atoms with van der Waals surface area (Å²) in [7, 11) is 2.02. The minimum Gasteiger partial charge on any atom is -0.377 e. The van der Waals surface area contributed by atoms with Crippen LogP contribution in [0.2, 0.25) is 0 Å². The van der Waals surface area contributed by atoms with Crippen LogP contribution in [0.3, 0.4) is 0 Å². The summed E-state index contributed by atoms with van der Waals surface area (Å²) in [6, 6.07) is 0.681. The molecule has 0 aromatic carbocycles. The van der Waals surface area contributed by atoms with E-state index in [0.717, 1.165) is 26.1 Å². The van der Waals surface area contributed by atoms with Crippen molar-refractivity contribution in [2.75, 3.05) is 33.3 Å². The van der Waals surface area contributed by atoms with Crippen LogP contribution in [0.1, 0.15) is 39.5 Å². The second-order valence-corrected chi connectivity index (χ2v) is 4.87. The van der Waals surface area contributed by atoms with Crippen LogP contribution in [0.4, 0.5) is 0 Å². The normalized spacial score (nSPS) is 24.6. The maximum absolute atomic E-state index is 5.86. The Morgan fingerprint density at radius 1 is 1.50 bits per heavy atom. The van der Waals surface area contributed by atoms with E-state index in [2.05, 4.69) is 24.1 Å². The fraction of sp³-hybridized carbons (Fsp3) is 1.00. The zero-order chi connectivity index (χ0) is 11.8. The van der Waals surface area contributed by atoms with Gasteiger partial charge in [-0.25, -0.2) is 0 Å². The third kappa shape index (κ3) is 4.81. The van der Waals surface area contributed by atoms with Crippen molar-refractivity contribution in [2.45, 2.75) is 51.7 Å². The number of nitrogens with one attached hydrogen (secondary N) is 1. The Kier molecular flexibility index (Phi) is 7.01. The molecule has 2 atom stereocenters. The summed E-state index contributed by atoms with van der Waals surface area (Å²) in [5, 5.41) is 3.23. The van der Waals surface area contributed by atoms with Gasteiger partial charge in [-0.3, -0.25) is 4.90 Å². The molecule has 0 aromatic heterocycles. The topological polar surface area (TPSA) is 24.5 Å². The first-order valence-corrected chi connectivity index (χ1v) is 6.78. The van der Waals surface area contributed by atoms with Crippen LogP contribution in [0.25, 0.3) is 0 Å². The number of piperidine rings is 1. The molecule has 0 aliphatic carbocycles. The molecule has 16 heavy (non-hydrogen) atoms. The van der Waals surface area contributed by atoms with Gasteiger partial charge in [0.1, 0.15) is 0 Å². The van der Waals surface area contributed by atoms with Crippen molar-refractivity contribution >= 4 is 0 Å². The van der Waals surface area contributed by atoms with Crippen LogP contribution in [0, 0.1) is 0 Å². The molecule has 0 spiro atoms. The van der Waals surface area contributed by atoms with Gasteiger partial charge in [0.2, 0.25) is 0 Å². The van der Waals surface area contributed by atoms with Gasteiger partial charge in [-0.1, -0.05) is 6.92 Å². The summed E-state index contributed by atoms with van der Waals surface area (Å²) >= 11 is 0. The SMILES string of the molecule is CCCOC1CCCN(C(C)CCNC)C1. The molecule has 3 nitrogen and oxygen atoms in total. The van der Waals surface area contributed by atoms with Crippen LogP contribution in [-0.4, -0.2) is 50.3 Å². The van der Waals surface area contributed by atoms with Crippen molar-refractivity contribution in [1.29, 1.82) is 0 Å². The molecule has 1 fully saturated rings. The van der Waals surface area contributed by atoms with E-state index in [1.165, 1.54) is 25.8 Å². The van der Waals surface area contributed by atoms with Gasteiger partial charge in [0.25, 0.3) is 0 Å². The molecule has 1 N–H and O–H groups in total. The highest BCUT2D eigenvalue weighted by atomic mass is 16.5. The molecule has 0 aromatic rings. The van der Waals surface area contributed by atoms with Gasteiger partial charge in [0, 0.05) is 19.2 Å². The van der Waals surface area contributed by atoms with Crippen LogP contribution >= 0.6 is 0 Å². The fourth-order valence-electron chi connectivity index (χ4n) is 2.32. The standard InChI is InChI=1S/C13H28N2O/c1-4-10-16-13-6-5-9-15(11-13)12(2)7-8-14-3/h12-14H,4-11H2,1-3H3. The lowest BCUT2D eigenvalue weighted by Gasteiger charge is -2.36. The van der Waals surface area contributed by atoms with E-state index in [0.29, 0.717) is 12.1 Å². The first-order chi connectivity index (χ1) is 7.77. The second kappa shape index (κ2) is 8.04. The van der Waals surface area contributed by atoms with Gasteiger partial charge >= 0.3 is 0 Å². The molecular weight excluding hydrogens is 200 g/mol. The van der Waals surface area contributed by atoms with E-state index in [1.807, 2.05) is 7.05 Å². The van der Waals surface area contributed by atoms with Crippen LogP contribution in [0.5, 0.6) is 0 Å². The van der Waals surface area contributed by atoms with Gasteiger partial charge in [0.15, 0.2) is 0 Å². The predicted molar refractivity (Wildman–Crippen MR) is 68.8 cm³/mol. The van der Waals surface area contributed by atoms with Crippen molar-refractivity contribution < 1.29 is 4.74 Å². The predicted octanol–water partition coefficient (Wildman–Crippen LogP) is 1.88. The van der Waals surface area contributed by atoms with Crippen LogP contribution in [0.15, 0.2) is 0 Å². The quantitative estimate of drug-likeness (QED) is 0.720. The Bertz CT molecular complexity index is 169. The minimum atomic E-state index is 0.478. The number of ether oxygens (including phenoxy) is 1. The van der Waals surface area contributed by atoms with E-state index in [9.17, 15) is 0 Å². The second-order valence-electron chi connectivity index (χ2n) is 4.87. The molecule has 1 heterocycles. The molecule has 96 valence electrons. The highest BCUT2D eigenvalue weighted by Gasteiger charge is 2.23. The van der Waals surface area contributed by atoms with Crippen molar-refractivity contribution in [1.82, 2.24) is 10.2 Å². The Morgan fingerprint density at radius 3 is 3.00 bits per heavy atom. The lowest BCUT2D eigenvalue weighted by Crippen LogP contribution is -2.45. The van der Waals surface area contributed by atoms with E-state index in [1.54, 1.807) is 0 Å². The summed E-state index contributed by atoms with van der Waals surface area (Å²) in [5.41, 5.74) is 0. The van der Waals surface area contributed by atoms with Gasteiger partial charge < -0.3 is 10.1 Å². The molecule has 1 rings (SSSR count). The van der Waals surface area contributed by atoms with Gasteiger partial charge in [-0.2, -0.15) is 0 Å². The van der Waals surface area contributed by atoms with Crippen molar-refractivity contribution in [3.05, 3.63) is 0 Å². The van der Waals surface area contributed by atoms with Crippen molar-refractivity contribution in [3.8, 4) is 0 Å². The Hall–Kier alpha value is -0.120. The van der Waals surface area contributed by atoms with Gasteiger partial charge in [0.05, 0.1) is 6.10 Å². The smallest absolute Gasteiger partial charge is 0.0702 e. The number of hydrogen-bond acceptors (Lipinski definition) is 3. The largest absolute Gasteiger partial charge is 0.377 e. The first kappa shape index (κ1) is 13.9. The number of rotatable bonds is 7. The third-order valence-corrected chi connectivity index (χ3v) is 3.40. The Labute approximate surface area is 101 Å². The number of likely N-dealkylation sites (tertiary alicyclic amines) is 1. The molecule has 0 bridgehead atoms. The van der Waals surface area contributed by atoms with Gasteiger partial charge in [-0.15, -0.1) is 0 Å². The van der Waals surface area contributed by atoms with E-state index in [-0.39, 0.29) is 0 Å². The highest BCUT2D eigenvalue weighted by molar-refractivity contribution is 4.77. The Morgan fingerprint density at radius 2 is 2.31 bits per heavy atom. The summed E-state index contributed by atoms with van der Waals surface area (Å²) in [4.78, 5) is 2.58. The molecular formula is C13H28N2O.